The highest BCUT2D eigenvalue weighted by atomic mass is 31.0. The van der Waals surface area contributed by atoms with Crippen molar-refractivity contribution < 1.29 is 4.39 Å². The smallest absolute Gasteiger partial charge is 0.133 e. The molecule has 0 nitrogen and oxygen atoms in total. The molecule has 0 saturated carbocycles. The predicted octanol–water partition coefficient (Wildman–Crippen LogP) is 3.44. The Kier molecular flexibility index (Phi) is 5.01. The molecule has 2 heteroatoms. The topological polar surface area (TPSA) is 0 Å². The summed E-state index contributed by atoms with van der Waals surface area (Å²) in [6, 6.07) is 0. The quantitative estimate of drug-likeness (QED) is 0.470. The van der Waals surface area contributed by atoms with Gasteiger partial charge in [0.25, 0.3) is 0 Å². The van der Waals surface area contributed by atoms with E-state index in [1.165, 1.54) is 0 Å². The Morgan fingerprint density at radius 2 is 1.67 bits per heavy atom. The molecule has 0 aromatic carbocycles. The molecule has 0 aliphatic heterocycles. The summed E-state index contributed by atoms with van der Waals surface area (Å²) in [6.07, 6.45) is 4.41. The summed E-state index contributed by atoms with van der Waals surface area (Å²) >= 11 is 0. The summed E-state index contributed by atoms with van der Waals surface area (Å²) in [4.78, 5) is 0. The maximum atomic E-state index is 14.1. The third-order valence-corrected chi connectivity index (χ3v) is 2.55. The van der Waals surface area contributed by atoms with Crippen LogP contribution in [0.3, 0.4) is 0 Å². The zero-order chi connectivity index (χ0) is 9.78. The number of hydrogen-bond acceptors (Lipinski definition) is 0. The van der Waals surface area contributed by atoms with Crippen molar-refractivity contribution in [2.24, 2.45) is 11.8 Å². The maximum Gasteiger partial charge on any atom is 0.133 e. The molecular weight excluding hydrogens is 170 g/mol. The second-order valence-electron chi connectivity index (χ2n) is 3.77. The average Bonchev–Trinajstić information content (AvgIpc) is 1.99. The lowest BCUT2D eigenvalue weighted by Crippen LogP contribution is -2.33. The van der Waals surface area contributed by atoms with Gasteiger partial charge in [0.15, 0.2) is 0 Å². The van der Waals surface area contributed by atoms with Gasteiger partial charge in [-0.2, -0.15) is 0 Å². The zero-order valence-electron chi connectivity index (χ0n) is 8.47. The van der Waals surface area contributed by atoms with E-state index in [4.69, 9.17) is 0 Å². The lowest BCUT2D eigenvalue weighted by atomic mass is 9.82. The molecule has 0 fully saturated rings. The van der Waals surface area contributed by atoms with Crippen LogP contribution in [-0.2, 0) is 0 Å². The van der Waals surface area contributed by atoms with Gasteiger partial charge >= 0.3 is 0 Å². The van der Waals surface area contributed by atoms with Gasteiger partial charge in [-0.15, -0.1) is 9.24 Å². The molecule has 0 heterocycles. The van der Waals surface area contributed by atoms with Crippen LogP contribution < -0.4 is 0 Å². The van der Waals surface area contributed by atoms with Crippen LogP contribution in [0.15, 0.2) is 12.2 Å². The molecule has 0 radical (unpaired) electrons. The van der Waals surface area contributed by atoms with Crippen LogP contribution >= 0.6 is 9.24 Å². The molecular formula is C10H20FP. The van der Waals surface area contributed by atoms with Crippen molar-refractivity contribution in [3.8, 4) is 0 Å². The third kappa shape index (κ3) is 2.86. The summed E-state index contributed by atoms with van der Waals surface area (Å²) in [5.74, 6) is 0.0931. The molecule has 0 aromatic rings. The number of halogens is 1. The first-order valence-corrected chi connectivity index (χ1v) is 5.33. The van der Waals surface area contributed by atoms with E-state index in [-0.39, 0.29) is 11.8 Å². The van der Waals surface area contributed by atoms with E-state index in [0.717, 1.165) is 6.16 Å². The largest absolute Gasteiger partial charge is 0.239 e. The SMILES string of the molecule is CC(C)C(F)(C=CCP)C(C)C. The van der Waals surface area contributed by atoms with E-state index in [9.17, 15) is 4.39 Å². The fourth-order valence-electron chi connectivity index (χ4n) is 1.30. The summed E-state index contributed by atoms with van der Waals surface area (Å²) in [6.45, 7) is 7.70. The fraction of sp³-hybridized carbons (Fsp3) is 0.800. The second-order valence-corrected chi connectivity index (χ2v) is 4.25. The van der Waals surface area contributed by atoms with Crippen LogP contribution in [0.25, 0.3) is 0 Å². The summed E-state index contributed by atoms with van der Waals surface area (Å²) in [5.41, 5.74) is -1.14. The highest BCUT2D eigenvalue weighted by Gasteiger charge is 2.33. The molecule has 0 aliphatic carbocycles. The normalized spacial score (nSPS) is 13.7. The maximum absolute atomic E-state index is 14.1. The molecule has 0 rings (SSSR count). The lowest BCUT2D eigenvalue weighted by molar-refractivity contribution is 0.101. The molecule has 0 aliphatic rings. The van der Waals surface area contributed by atoms with E-state index in [0.29, 0.717) is 0 Å². The summed E-state index contributed by atoms with van der Waals surface area (Å²) in [7, 11) is 2.57. The molecule has 1 atom stereocenters. The highest BCUT2D eigenvalue weighted by molar-refractivity contribution is 7.16. The zero-order valence-corrected chi connectivity index (χ0v) is 9.63. The first kappa shape index (κ1) is 12.1. The minimum atomic E-state index is -1.14. The van der Waals surface area contributed by atoms with Crippen LogP contribution in [0, 0.1) is 11.8 Å². The Labute approximate surface area is 77.8 Å². The molecule has 0 bridgehead atoms. The van der Waals surface area contributed by atoms with Crippen molar-refractivity contribution in [3.05, 3.63) is 12.2 Å². The van der Waals surface area contributed by atoms with E-state index in [1.807, 2.05) is 33.8 Å². The number of rotatable bonds is 4. The van der Waals surface area contributed by atoms with Crippen LogP contribution in [0.5, 0.6) is 0 Å². The van der Waals surface area contributed by atoms with Gasteiger partial charge in [0.05, 0.1) is 0 Å². The van der Waals surface area contributed by atoms with Gasteiger partial charge < -0.3 is 0 Å². The van der Waals surface area contributed by atoms with Crippen LogP contribution in [0.1, 0.15) is 27.7 Å². The molecule has 12 heavy (non-hydrogen) atoms. The molecule has 72 valence electrons. The van der Waals surface area contributed by atoms with Crippen LogP contribution in [0.2, 0.25) is 0 Å². The van der Waals surface area contributed by atoms with Gasteiger partial charge in [-0.3, -0.25) is 0 Å². The minimum Gasteiger partial charge on any atom is -0.239 e. The molecule has 0 N–H and O–H groups in total. The Hall–Kier alpha value is 0.100. The standard InChI is InChI=1S/C10H20FP/c1-8(2)10(11,9(3)4)6-5-7-12/h5-6,8-9H,7,12H2,1-4H3. The van der Waals surface area contributed by atoms with Crippen molar-refractivity contribution >= 4 is 9.24 Å². The molecule has 0 aromatic heterocycles. The Morgan fingerprint density at radius 3 is 1.92 bits per heavy atom. The number of alkyl halides is 1. The third-order valence-electron chi connectivity index (χ3n) is 2.28. The van der Waals surface area contributed by atoms with Crippen molar-refractivity contribution in [2.75, 3.05) is 6.16 Å². The predicted molar refractivity (Wildman–Crippen MR) is 57.2 cm³/mol. The van der Waals surface area contributed by atoms with Crippen LogP contribution in [0.4, 0.5) is 4.39 Å². The Bertz CT molecular complexity index is 142. The van der Waals surface area contributed by atoms with Gasteiger partial charge in [0, 0.05) is 0 Å². The summed E-state index contributed by atoms with van der Waals surface area (Å²) in [5, 5.41) is 0. The first-order valence-electron chi connectivity index (χ1n) is 4.51. The second kappa shape index (κ2) is 4.97. The van der Waals surface area contributed by atoms with Gasteiger partial charge in [0.1, 0.15) is 5.67 Å². The van der Waals surface area contributed by atoms with Gasteiger partial charge in [-0.25, -0.2) is 4.39 Å². The average molecular weight is 190 g/mol. The molecule has 0 amide bonds. The van der Waals surface area contributed by atoms with E-state index >= 15 is 0 Å². The van der Waals surface area contributed by atoms with Gasteiger partial charge in [-0.05, 0) is 18.0 Å². The van der Waals surface area contributed by atoms with Gasteiger partial charge in [0.2, 0.25) is 0 Å². The fourth-order valence-corrected chi connectivity index (χ4v) is 1.44. The minimum absolute atomic E-state index is 0.0466. The van der Waals surface area contributed by atoms with E-state index in [2.05, 4.69) is 9.24 Å². The van der Waals surface area contributed by atoms with E-state index in [1.54, 1.807) is 6.08 Å². The molecule has 1 unspecified atom stereocenters. The van der Waals surface area contributed by atoms with Crippen molar-refractivity contribution in [2.45, 2.75) is 33.4 Å². The lowest BCUT2D eigenvalue weighted by Gasteiger charge is -2.30. The summed E-state index contributed by atoms with van der Waals surface area (Å²) < 4.78 is 14.1. The van der Waals surface area contributed by atoms with Crippen molar-refractivity contribution in [1.29, 1.82) is 0 Å². The van der Waals surface area contributed by atoms with Gasteiger partial charge in [-0.1, -0.05) is 39.8 Å². The first-order chi connectivity index (χ1) is 5.45. The molecule has 0 saturated heterocycles. The van der Waals surface area contributed by atoms with E-state index < -0.39 is 5.67 Å². The molecule has 0 spiro atoms. The number of allylic oxidation sites excluding steroid dienone is 2. The Morgan fingerprint density at radius 1 is 1.25 bits per heavy atom. The number of hydrogen-bond donors (Lipinski definition) is 0. The monoisotopic (exact) mass is 190 g/mol. The van der Waals surface area contributed by atoms with Crippen molar-refractivity contribution in [3.63, 3.8) is 0 Å². The Balaban J connectivity index is 4.51. The highest BCUT2D eigenvalue weighted by Crippen LogP contribution is 2.32. The van der Waals surface area contributed by atoms with Crippen molar-refractivity contribution in [1.82, 2.24) is 0 Å². The van der Waals surface area contributed by atoms with Crippen LogP contribution in [-0.4, -0.2) is 11.8 Å².